The number of carbonyl (C=O) groups excluding carboxylic acids is 4. The van der Waals surface area contributed by atoms with E-state index in [9.17, 15) is 19.2 Å². The molecule has 0 saturated carbocycles. The molecule has 204 valence electrons. The van der Waals surface area contributed by atoms with Gasteiger partial charge in [0.25, 0.3) is 0 Å². The molecule has 0 aliphatic carbocycles. The van der Waals surface area contributed by atoms with Gasteiger partial charge in [-0.1, -0.05) is 23.7 Å². The van der Waals surface area contributed by atoms with Gasteiger partial charge in [0, 0.05) is 29.1 Å². The van der Waals surface area contributed by atoms with Gasteiger partial charge in [0.1, 0.15) is 0 Å². The number of rotatable bonds is 11. The molecule has 1 aliphatic heterocycles. The molecule has 0 bridgehead atoms. The Morgan fingerprint density at radius 2 is 1.87 bits per heavy atom. The Labute approximate surface area is 230 Å². The lowest BCUT2D eigenvalue weighted by molar-refractivity contribution is -0.144. The molecule has 38 heavy (non-hydrogen) atoms. The number of benzene rings is 2. The predicted molar refractivity (Wildman–Crippen MR) is 146 cm³/mol. The lowest BCUT2D eigenvalue weighted by Gasteiger charge is -2.23. The normalized spacial score (nSPS) is 17.3. The minimum atomic E-state index is -0.818. The standard InChI is InChI=1S/C27H31ClN2O7S/c1-5-37-24(33)12-11-20(31)15(2)29-23(32)14-22-27(34)30-19-10-9-16(28)13-18(19)26(38-22)17-7-6-8-21(35-3)25(17)36-4/h6-10,13,15,22,26H,5,11-12,14H2,1-4H3,(H,29,32)(H,30,34)/t15?,22-,26-/m1/s1. The third kappa shape index (κ3) is 7.20. The quantitative estimate of drug-likeness (QED) is 0.389. The molecule has 1 heterocycles. The topological polar surface area (TPSA) is 120 Å². The molecule has 1 aliphatic rings. The summed E-state index contributed by atoms with van der Waals surface area (Å²) >= 11 is 7.60. The van der Waals surface area contributed by atoms with Crippen molar-refractivity contribution in [2.24, 2.45) is 0 Å². The van der Waals surface area contributed by atoms with Crippen molar-refractivity contribution < 1.29 is 33.4 Å². The summed E-state index contributed by atoms with van der Waals surface area (Å²) in [5.41, 5.74) is 2.09. The highest BCUT2D eigenvalue weighted by molar-refractivity contribution is 8.01. The van der Waals surface area contributed by atoms with Crippen LogP contribution in [0.2, 0.25) is 5.02 Å². The van der Waals surface area contributed by atoms with Crippen LogP contribution < -0.4 is 20.1 Å². The molecule has 2 N–H and O–H groups in total. The largest absolute Gasteiger partial charge is 0.493 e. The molecule has 2 amide bonds. The Morgan fingerprint density at radius 3 is 2.55 bits per heavy atom. The number of ether oxygens (including phenoxy) is 3. The maximum atomic E-state index is 13.2. The summed E-state index contributed by atoms with van der Waals surface area (Å²) in [5, 5.41) is 4.84. The molecule has 2 aromatic carbocycles. The van der Waals surface area contributed by atoms with Gasteiger partial charge >= 0.3 is 5.97 Å². The average molecular weight is 563 g/mol. The number of esters is 1. The van der Waals surface area contributed by atoms with Crippen LogP contribution in [0.4, 0.5) is 5.69 Å². The van der Waals surface area contributed by atoms with Crippen LogP contribution >= 0.6 is 23.4 Å². The molecule has 11 heteroatoms. The number of fused-ring (bicyclic) bond motifs is 1. The third-order valence-corrected chi connectivity index (χ3v) is 7.70. The molecule has 0 saturated heterocycles. The minimum Gasteiger partial charge on any atom is -0.493 e. The lowest BCUT2D eigenvalue weighted by atomic mass is 10.0. The summed E-state index contributed by atoms with van der Waals surface area (Å²) in [6, 6.07) is 9.84. The highest BCUT2D eigenvalue weighted by Crippen LogP contribution is 2.50. The van der Waals surface area contributed by atoms with Gasteiger partial charge < -0.3 is 24.8 Å². The summed E-state index contributed by atoms with van der Waals surface area (Å²) in [6.07, 6.45) is -0.276. The highest BCUT2D eigenvalue weighted by Gasteiger charge is 2.35. The van der Waals surface area contributed by atoms with Gasteiger partial charge in [-0.2, -0.15) is 0 Å². The zero-order chi connectivity index (χ0) is 27.8. The Morgan fingerprint density at radius 1 is 1.11 bits per heavy atom. The number of para-hydroxylation sites is 1. The molecule has 2 aromatic rings. The van der Waals surface area contributed by atoms with Crippen LogP contribution in [0.3, 0.4) is 0 Å². The van der Waals surface area contributed by atoms with E-state index < -0.39 is 28.4 Å². The summed E-state index contributed by atoms with van der Waals surface area (Å²) in [4.78, 5) is 50.0. The first-order valence-electron chi connectivity index (χ1n) is 12.1. The second-order valence-corrected chi connectivity index (χ2v) is 10.3. The predicted octanol–water partition coefficient (Wildman–Crippen LogP) is 4.31. The number of hydrogen-bond donors (Lipinski definition) is 2. The van der Waals surface area contributed by atoms with E-state index in [-0.39, 0.29) is 37.6 Å². The van der Waals surface area contributed by atoms with Crippen LogP contribution in [0.1, 0.15) is 49.5 Å². The van der Waals surface area contributed by atoms with E-state index in [1.807, 2.05) is 12.1 Å². The lowest BCUT2D eigenvalue weighted by Crippen LogP contribution is -2.41. The molecule has 0 aromatic heterocycles. The van der Waals surface area contributed by atoms with Crippen molar-refractivity contribution in [1.82, 2.24) is 5.32 Å². The van der Waals surface area contributed by atoms with Gasteiger partial charge in [-0.05, 0) is 43.7 Å². The summed E-state index contributed by atoms with van der Waals surface area (Å²) in [6.45, 7) is 3.47. The van der Waals surface area contributed by atoms with E-state index >= 15 is 0 Å². The first kappa shape index (κ1) is 29.3. The number of ketones is 1. The Balaban J connectivity index is 1.82. The molecule has 0 radical (unpaired) electrons. The van der Waals surface area contributed by atoms with Gasteiger partial charge in [0.2, 0.25) is 11.8 Å². The Kier molecular flexibility index (Phi) is 10.4. The van der Waals surface area contributed by atoms with E-state index in [0.717, 1.165) is 11.1 Å². The first-order valence-corrected chi connectivity index (χ1v) is 13.4. The van der Waals surface area contributed by atoms with Crippen LogP contribution in [0.5, 0.6) is 11.5 Å². The molecule has 0 fully saturated rings. The highest BCUT2D eigenvalue weighted by atomic mass is 35.5. The summed E-state index contributed by atoms with van der Waals surface area (Å²) < 4.78 is 16.0. The SMILES string of the molecule is CCOC(=O)CCC(=O)C(C)NC(=O)C[C@H]1S[C@H](c2cccc(OC)c2OC)c2cc(Cl)ccc2NC1=O. The minimum absolute atomic E-state index is 0.0489. The number of halogens is 1. The number of methoxy groups -OCH3 is 2. The van der Waals surface area contributed by atoms with Crippen molar-refractivity contribution in [3.63, 3.8) is 0 Å². The number of Topliss-reactive ketones (excluding diaryl/α,β-unsaturated/α-hetero) is 1. The Bertz CT molecular complexity index is 1210. The fourth-order valence-corrected chi connectivity index (χ4v) is 5.71. The second-order valence-electron chi connectivity index (χ2n) is 8.57. The number of amides is 2. The molecule has 1 unspecified atom stereocenters. The van der Waals surface area contributed by atoms with E-state index in [1.165, 1.54) is 18.9 Å². The van der Waals surface area contributed by atoms with Crippen molar-refractivity contribution in [3.05, 3.63) is 52.5 Å². The smallest absolute Gasteiger partial charge is 0.306 e. The van der Waals surface area contributed by atoms with Crippen LogP contribution in [0.25, 0.3) is 0 Å². The molecule has 9 nitrogen and oxygen atoms in total. The van der Waals surface area contributed by atoms with Gasteiger partial charge in [-0.25, -0.2) is 0 Å². The maximum absolute atomic E-state index is 13.2. The zero-order valence-electron chi connectivity index (χ0n) is 21.7. The van der Waals surface area contributed by atoms with Gasteiger partial charge in [0.15, 0.2) is 17.3 Å². The van der Waals surface area contributed by atoms with Gasteiger partial charge in [-0.15, -0.1) is 11.8 Å². The molecule has 3 atom stereocenters. The van der Waals surface area contributed by atoms with Crippen molar-refractivity contribution in [1.29, 1.82) is 0 Å². The molecule has 0 spiro atoms. The van der Waals surface area contributed by atoms with Crippen LogP contribution in [0, 0.1) is 0 Å². The Hall–Kier alpha value is -3.24. The molecular formula is C27H31ClN2O7S. The van der Waals surface area contributed by atoms with Gasteiger partial charge in [0.05, 0.1) is 43.8 Å². The fraction of sp³-hybridized carbons (Fsp3) is 0.407. The van der Waals surface area contributed by atoms with E-state index in [0.29, 0.717) is 22.2 Å². The molecule has 3 rings (SSSR count). The third-order valence-electron chi connectivity index (χ3n) is 5.97. The van der Waals surface area contributed by atoms with Crippen molar-refractivity contribution >= 4 is 52.6 Å². The van der Waals surface area contributed by atoms with Crippen LogP contribution in [-0.4, -0.2) is 55.7 Å². The second kappa shape index (κ2) is 13.5. The van der Waals surface area contributed by atoms with Crippen molar-refractivity contribution in [3.8, 4) is 11.5 Å². The van der Waals surface area contributed by atoms with E-state index in [1.54, 1.807) is 45.2 Å². The average Bonchev–Trinajstić information content (AvgIpc) is 3.02. The number of carbonyl (C=O) groups is 4. The number of nitrogens with one attached hydrogen (secondary N) is 2. The van der Waals surface area contributed by atoms with Gasteiger partial charge in [-0.3, -0.25) is 19.2 Å². The summed E-state index contributed by atoms with van der Waals surface area (Å²) in [7, 11) is 3.08. The van der Waals surface area contributed by atoms with E-state index in [4.69, 9.17) is 25.8 Å². The monoisotopic (exact) mass is 562 g/mol. The van der Waals surface area contributed by atoms with Crippen LogP contribution in [0.15, 0.2) is 36.4 Å². The summed E-state index contributed by atoms with van der Waals surface area (Å²) in [5.74, 6) is -0.539. The number of anilines is 1. The maximum Gasteiger partial charge on any atom is 0.306 e. The van der Waals surface area contributed by atoms with E-state index in [2.05, 4.69) is 10.6 Å². The zero-order valence-corrected chi connectivity index (χ0v) is 23.2. The number of hydrogen-bond acceptors (Lipinski definition) is 8. The first-order chi connectivity index (χ1) is 18.2. The van der Waals surface area contributed by atoms with Crippen LogP contribution in [-0.2, 0) is 23.9 Å². The number of thioether (sulfide) groups is 1. The van der Waals surface area contributed by atoms with Crippen molar-refractivity contribution in [2.75, 3.05) is 26.1 Å². The fourth-order valence-electron chi connectivity index (χ4n) is 4.10. The molecular weight excluding hydrogens is 532 g/mol. The van der Waals surface area contributed by atoms with Crippen molar-refractivity contribution in [2.45, 2.75) is 49.7 Å².